The van der Waals surface area contributed by atoms with Crippen LogP contribution in [-0.2, 0) is 6.61 Å². The minimum atomic E-state index is -0.0375. The summed E-state index contributed by atoms with van der Waals surface area (Å²) in [5.74, 6) is 0.638. The van der Waals surface area contributed by atoms with E-state index in [1.807, 2.05) is 25.9 Å². The molecule has 1 aromatic heterocycles. The Kier molecular flexibility index (Phi) is 2.60. The lowest BCUT2D eigenvalue weighted by molar-refractivity contribution is 0.276. The monoisotopic (exact) mass is 167 g/mol. The molecule has 1 aromatic rings. The molecule has 0 radical (unpaired) electrons. The zero-order chi connectivity index (χ0) is 9.14. The summed E-state index contributed by atoms with van der Waals surface area (Å²) >= 11 is 0. The molecule has 0 aromatic carbocycles. The molecule has 12 heavy (non-hydrogen) atoms. The third-order valence-corrected chi connectivity index (χ3v) is 1.46. The molecule has 0 amide bonds. The fourth-order valence-electron chi connectivity index (χ4n) is 0.898. The van der Waals surface area contributed by atoms with Gasteiger partial charge < -0.3 is 10.0 Å². The van der Waals surface area contributed by atoms with Crippen LogP contribution in [0.4, 0.5) is 5.95 Å². The lowest BCUT2D eigenvalue weighted by Gasteiger charge is -2.11. The highest BCUT2D eigenvalue weighted by molar-refractivity contribution is 5.29. The summed E-state index contributed by atoms with van der Waals surface area (Å²) in [4.78, 5) is 10.1. The number of nitrogens with zero attached hydrogens (tertiary/aromatic N) is 3. The molecule has 0 saturated carbocycles. The van der Waals surface area contributed by atoms with Crippen molar-refractivity contribution >= 4 is 5.95 Å². The van der Waals surface area contributed by atoms with Gasteiger partial charge in [-0.05, 0) is 13.0 Å². The van der Waals surface area contributed by atoms with Gasteiger partial charge in [0.25, 0.3) is 0 Å². The van der Waals surface area contributed by atoms with Gasteiger partial charge >= 0.3 is 0 Å². The molecular weight excluding hydrogens is 154 g/mol. The highest BCUT2D eigenvalue weighted by Crippen LogP contribution is 2.06. The van der Waals surface area contributed by atoms with Gasteiger partial charge in [0.05, 0.1) is 12.3 Å². The van der Waals surface area contributed by atoms with E-state index >= 15 is 0 Å². The summed E-state index contributed by atoms with van der Waals surface area (Å²) in [5, 5.41) is 8.86. The molecule has 1 N–H and O–H groups in total. The molecule has 4 heteroatoms. The van der Waals surface area contributed by atoms with Gasteiger partial charge in [-0.3, -0.25) is 0 Å². The van der Waals surface area contributed by atoms with Crippen LogP contribution in [0, 0.1) is 6.92 Å². The van der Waals surface area contributed by atoms with Crippen LogP contribution in [0.25, 0.3) is 0 Å². The van der Waals surface area contributed by atoms with Gasteiger partial charge in [-0.1, -0.05) is 0 Å². The number of aryl methyl sites for hydroxylation is 1. The van der Waals surface area contributed by atoms with E-state index in [0.717, 1.165) is 5.69 Å². The molecular formula is C8H13N3O. The first-order valence-corrected chi connectivity index (χ1v) is 3.76. The standard InChI is InChI=1S/C8H13N3O/c1-6-4-7(5-12)10-8(9-6)11(2)3/h4,12H,5H2,1-3H3. The molecule has 0 aliphatic heterocycles. The summed E-state index contributed by atoms with van der Waals surface area (Å²) in [6.45, 7) is 1.85. The van der Waals surface area contributed by atoms with Crippen molar-refractivity contribution in [3.05, 3.63) is 17.5 Å². The smallest absolute Gasteiger partial charge is 0.225 e. The first-order valence-electron chi connectivity index (χ1n) is 3.76. The van der Waals surface area contributed by atoms with Crippen LogP contribution < -0.4 is 4.90 Å². The topological polar surface area (TPSA) is 49.3 Å². The van der Waals surface area contributed by atoms with E-state index < -0.39 is 0 Å². The molecule has 0 bridgehead atoms. The highest BCUT2D eigenvalue weighted by atomic mass is 16.3. The maximum atomic E-state index is 8.86. The number of anilines is 1. The van der Waals surface area contributed by atoms with Crippen LogP contribution in [0.15, 0.2) is 6.07 Å². The van der Waals surface area contributed by atoms with Crippen LogP contribution >= 0.6 is 0 Å². The molecule has 0 aliphatic carbocycles. The summed E-state index contributed by atoms with van der Waals surface area (Å²) in [6, 6.07) is 1.77. The van der Waals surface area contributed by atoms with Crippen LogP contribution in [0.2, 0.25) is 0 Å². The first kappa shape index (κ1) is 8.93. The van der Waals surface area contributed by atoms with E-state index in [9.17, 15) is 0 Å². The summed E-state index contributed by atoms with van der Waals surface area (Å²) in [5.41, 5.74) is 1.53. The zero-order valence-corrected chi connectivity index (χ0v) is 7.57. The van der Waals surface area contributed by atoms with Crippen molar-refractivity contribution in [3.63, 3.8) is 0 Å². The molecule has 0 aliphatic rings. The Morgan fingerprint density at radius 3 is 2.58 bits per heavy atom. The third-order valence-electron chi connectivity index (χ3n) is 1.46. The fraction of sp³-hybridized carbons (Fsp3) is 0.500. The van der Waals surface area contributed by atoms with Crippen molar-refractivity contribution in [2.24, 2.45) is 0 Å². The Morgan fingerprint density at radius 1 is 1.42 bits per heavy atom. The maximum absolute atomic E-state index is 8.86. The molecule has 0 unspecified atom stereocenters. The molecule has 1 rings (SSSR count). The fourth-order valence-corrected chi connectivity index (χ4v) is 0.898. The lowest BCUT2D eigenvalue weighted by atomic mass is 10.3. The molecule has 0 fully saturated rings. The van der Waals surface area contributed by atoms with Crippen molar-refractivity contribution < 1.29 is 5.11 Å². The number of hydrogen-bond donors (Lipinski definition) is 1. The molecule has 0 saturated heterocycles. The second kappa shape index (κ2) is 3.49. The van der Waals surface area contributed by atoms with Gasteiger partial charge in [-0.15, -0.1) is 0 Å². The van der Waals surface area contributed by atoms with Crippen molar-refractivity contribution in [1.29, 1.82) is 0 Å². The van der Waals surface area contributed by atoms with Crippen molar-refractivity contribution in [1.82, 2.24) is 9.97 Å². The van der Waals surface area contributed by atoms with E-state index in [4.69, 9.17) is 5.11 Å². The van der Waals surface area contributed by atoms with Gasteiger partial charge in [0, 0.05) is 19.8 Å². The Morgan fingerprint density at radius 2 is 2.08 bits per heavy atom. The quantitative estimate of drug-likeness (QED) is 0.690. The zero-order valence-electron chi connectivity index (χ0n) is 7.57. The number of aromatic nitrogens is 2. The van der Waals surface area contributed by atoms with Crippen LogP contribution in [-0.4, -0.2) is 29.2 Å². The van der Waals surface area contributed by atoms with Gasteiger partial charge in [-0.2, -0.15) is 0 Å². The number of aliphatic hydroxyl groups excluding tert-OH is 1. The number of rotatable bonds is 2. The molecule has 1 heterocycles. The Hall–Kier alpha value is -1.16. The van der Waals surface area contributed by atoms with Gasteiger partial charge in [0.2, 0.25) is 5.95 Å². The van der Waals surface area contributed by atoms with Crippen LogP contribution in [0.1, 0.15) is 11.4 Å². The van der Waals surface area contributed by atoms with Gasteiger partial charge in [0.15, 0.2) is 0 Å². The van der Waals surface area contributed by atoms with Crippen LogP contribution in [0.5, 0.6) is 0 Å². The molecule has 0 spiro atoms. The third kappa shape index (κ3) is 1.92. The number of aliphatic hydroxyl groups is 1. The Labute approximate surface area is 71.9 Å². The normalized spacial score (nSPS) is 10.0. The van der Waals surface area contributed by atoms with Crippen molar-refractivity contribution in [2.75, 3.05) is 19.0 Å². The van der Waals surface area contributed by atoms with E-state index in [0.29, 0.717) is 11.6 Å². The summed E-state index contributed by atoms with van der Waals surface area (Å²) in [6.07, 6.45) is 0. The number of hydrogen-bond acceptors (Lipinski definition) is 4. The second-order valence-electron chi connectivity index (χ2n) is 2.85. The van der Waals surface area contributed by atoms with Gasteiger partial charge in [-0.25, -0.2) is 9.97 Å². The summed E-state index contributed by atoms with van der Waals surface area (Å²) < 4.78 is 0. The first-order chi connectivity index (χ1) is 5.63. The summed E-state index contributed by atoms with van der Waals surface area (Å²) in [7, 11) is 3.74. The SMILES string of the molecule is Cc1cc(CO)nc(N(C)C)n1. The van der Waals surface area contributed by atoms with Crippen molar-refractivity contribution in [3.8, 4) is 0 Å². The minimum Gasteiger partial charge on any atom is -0.390 e. The highest BCUT2D eigenvalue weighted by Gasteiger charge is 2.01. The predicted molar refractivity (Wildman–Crippen MR) is 47.0 cm³/mol. The van der Waals surface area contributed by atoms with Gasteiger partial charge in [0.1, 0.15) is 0 Å². The molecule has 4 nitrogen and oxygen atoms in total. The van der Waals surface area contributed by atoms with E-state index in [1.54, 1.807) is 6.07 Å². The Bertz CT molecular complexity index is 273. The lowest BCUT2D eigenvalue weighted by Crippen LogP contribution is -2.14. The van der Waals surface area contributed by atoms with E-state index in [2.05, 4.69) is 9.97 Å². The molecule has 0 atom stereocenters. The van der Waals surface area contributed by atoms with Crippen LogP contribution in [0.3, 0.4) is 0 Å². The average molecular weight is 167 g/mol. The largest absolute Gasteiger partial charge is 0.390 e. The van der Waals surface area contributed by atoms with E-state index in [1.165, 1.54) is 0 Å². The molecule has 66 valence electrons. The Balaban J connectivity index is 3.06. The van der Waals surface area contributed by atoms with Crippen molar-refractivity contribution in [2.45, 2.75) is 13.5 Å². The van der Waals surface area contributed by atoms with E-state index in [-0.39, 0.29) is 6.61 Å². The maximum Gasteiger partial charge on any atom is 0.225 e. The minimum absolute atomic E-state index is 0.0375. The second-order valence-corrected chi connectivity index (χ2v) is 2.85. The predicted octanol–water partition coefficient (Wildman–Crippen LogP) is 0.343. The average Bonchev–Trinajstić information content (AvgIpc) is 2.03.